The predicted octanol–water partition coefficient (Wildman–Crippen LogP) is 3.36. The summed E-state index contributed by atoms with van der Waals surface area (Å²) in [7, 11) is 1.83. The van der Waals surface area contributed by atoms with Crippen molar-refractivity contribution in [3.05, 3.63) is 23.3 Å². The van der Waals surface area contributed by atoms with E-state index in [4.69, 9.17) is 9.47 Å². The summed E-state index contributed by atoms with van der Waals surface area (Å²) < 4.78 is 11.8. The number of hydrogen-bond donors (Lipinski definition) is 2. The summed E-state index contributed by atoms with van der Waals surface area (Å²) in [6, 6.07) is 4.76. The van der Waals surface area contributed by atoms with Gasteiger partial charge in [0.05, 0.1) is 6.61 Å². The van der Waals surface area contributed by atoms with Gasteiger partial charge in [-0.2, -0.15) is 11.8 Å². The Morgan fingerprint density at radius 3 is 2.92 bits per heavy atom. The Morgan fingerprint density at radius 2 is 2.23 bits per heavy atom. The number of nitrogens with zero attached hydrogens (tertiary/aromatic N) is 1. The first kappa shape index (κ1) is 19.2. The molecule has 3 rings (SSSR count). The zero-order chi connectivity index (χ0) is 18.5. The molecule has 144 valence electrons. The third kappa shape index (κ3) is 4.58. The van der Waals surface area contributed by atoms with Gasteiger partial charge in [0.25, 0.3) is 0 Å². The highest BCUT2D eigenvalue weighted by Gasteiger charge is 2.25. The normalized spacial score (nSPS) is 24.9. The van der Waals surface area contributed by atoms with Gasteiger partial charge in [-0.05, 0) is 51.5 Å². The van der Waals surface area contributed by atoms with Crippen LogP contribution in [0.2, 0.25) is 0 Å². The number of rotatable bonds is 6. The van der Waals surface area contributed by atoms with Crippen molar-refractivity contribution in [2.24, 2.45) is 4.99 Å². The number of aliphatic imine (C=N–C) groups is 1. The van der Waals surface area contributed by atoms with Crippen LogP contribution in [-0.4, -0.2) is 43.3 Å². The van der Waals surface area contributed by atoms with E-state index >= 15 is 0 Å². The van der Waals surface area contributed by atoms with Gasteiger partial charge in [0.2, 0.25) is 0 Å². The maximum atomic E-state index is 5.91. The molecule has 1 heterocycles. The molecule has 1 aromatic carbocycles. The number of thioether (sulfide) groups is 1. The van der Waals surface area contributed by atoms with E-state index in [1.165, 1.54) is 24.8 Å². The molecule has 0 radical (unpaired) electrons. The van der Waals surface area contributed by atoms with Crippen LogP contribution in [0.5, 0.6) is 11.5 Å². The third-order valence-corrected chi connectivity index (χ3v) is 6.20. The molecule has 2 aliphatic rings. The molecular weight excluding hydrogens is 346 g/mol. The maximum Gasteiger partial charge on any atom is 0.191 e. The Balaban J connectivity index is 1.63. The molecule has 0 spiro atoms. The quantitative estimate of drug-likeness (QED) is 0.588. The molecule has 0 saturated heterocycles. The second-order valence-corrected chi connectivity index (χ2v) is 8.21. The van der Waals surface area contributed by atoms with Crippen molar-refractivity contribution < 1.29 is 9.47 Å². The van der Waals surface area contributed by atoms with Crippen LogP contribution in [0.25, 0.3) is 0 Å². The molecule has 3 atom stereocenters. The number of ether oxygens (including phenoxy) is 2. The van der Waals surface area contributed by atoms with Gasteiger partial charge in [-0.15, -0.1) is 0 Å². The first-order valence-corrected chi connectivity index (χ1v) is 10.9. The fourth-order valence-corrected chi connectivity index (χ4v) is 4.56. The monoisotopic (exact) mass is 377 g/mol. The first-order valence-electron chi connectivity index (χ1n) is 9.58. The number of hydrogen-bond acceptors (Lipinski definition) is 4. The summed E-state index contributed by atoms with van der Waals surface area (Å²) in [5, 5.41) is 7.78. The molecule has 1 fully saturated rings. The molecule has 1 aliphatic carbocycles. The van der Waals surface area contributed by atoms with Crippen LogP contribution in [0.1, 0.15) is 44.2 Å². The number of nitrogens with one attached hydrogen (secondary N) is 2. The van der Waals surface area contributed by atoms with E-state index in [2.05, 4.69) is 40.9 Å². The van der Waals surface area contributed by atoms with Crippen molar-refractivity contribution in [2.45, 2.75) is 63.5 Å². The highest BCUT2D eigenvalue weighted by atomic mass is 32.2. The molecule has 2 N–H and O–H groups in total. The van der Waals surface area contributed by atoms with Crippen molar-refractivity contribution in [2.75, 3.05) is 19.9 Å². The van der Waals surface area contributed by atoms with Crippen LogP contribution < -0.4 is 20.1 Å². The van der Waals surface area contributed by atoms with Crippen LogP contribution in [0.3, 0.4) is 0 Å². The largest absolute Gasteiger partial charge is 0.494 e. The minimum atomic E-state index is 0.240. The average Bonchev–Trinajstić information content (AvgIpc) is 3.23. The number of benzene rings is 1. The molecule has 1 saturated carbocycles. The second kappa shape index (κ2) is 8.89. The van der Waals surface area contributed by atoms with Crippen LogP contribution in [0.15, 0.2) is 17.1 Å². The van der Waals surface area contributed by atoms with Crippen molar-refractivity contribution in [3.63, 3.8) is 0 Å². The number of fused-ring (bicyclic) bond motifs is 1. The molecule has 0 bridgehead atoms. The van der Waals surface area contributed by atoms with E-state index in [9.17, 15) is 0 Å². The maximum absolute atomic E-state index is 5.91. The highest BCUT2D eigenvalue weighted by Crippen LogP contribution is 2.35. The number of guanidine groups is 1. The van der Waals surface area contributed by atoms with E-state index in [1.807, 2.05) is 25.7 Å². The van der Waals surface area contributed by atoms with Crippen molar-refractivity contribution in [1.82, 2.24) is 10.6 Å². The Labute approximate surface area is 161 Å². The molecular formula is C20H31N3O2S. The smallest absolute Gasteiger partial charge is 0.191 e. The van der Waals surface area contributed by atoms with E-state index in [0.29, 0.717) is 19.2 Å². The van der Waals surface area contributed by atoms with Gasteiger partial charge >= 0.3 is 0 Å². The van der Waals surface area contributed by atoms with Gasteiger partial charge < -0.3 is 20.1 Å². The van der Waals surface area contributed by atoms with Crippen molar-refractivity contribution in [1.29, 1.82) is 0 Å². The molecule has 0 amide bonds. The lowest BCUT2D eigenvalue weighted by atomic mass is 10.1. The van der Waals surface area contributed by atoms with Gasteiger partial charge in [-0.3, -0.25) is 4.99 Å². The van der Waals surface area contributed by atoms with Crippen LogP contribution >= 0.6 is 11.8 Å². The fourth-order valence-electron chi connectivity index (χ4n) is 3.76. The highest BCUT2D eigenvalue weighted by molar-refractivity contribution is 7.99. The van der Waals surface area contributed by atoms with Crippen LogP contribution in [0, 0.1) is 0 Å². The Hall–Kier alpha value is -1.56. The van der Waals surface area contributed by atoms with Crippen LogP contribution in [-0.2, 0) is 13.0 Å². The first-order chi connectivity index (χ1) is 12.6. The molecule has 5 nitrogen and oxygen atoms in total. The van der Waals surface area contributed by atoms with E-state index in [-0.39, 0.29) is 6.10 Å². The van der Waals surface area contributed by atoms with Crippen molar-refractivity contribution in [3.8, 4) is 11.5 Å². The minimum absolute atomic E-state index is 0.240. The average molecular weight is 378 g/mol. The lowest BCUT2D eigenvalue weighted by molar-refractivity contribution is 0.254. The van der Waals surface area contributed by atoms with Crippen molar-refractivity contribution >= 4 is 17.7 Å². The third-order valence-electron chi connectivity index (χ3n) is 5.11. The summed E-state index contributed by atoms with van der Waals surface area (Å²) in [6.45, 7) is 5.45. The second-order valence-electron chi connectivity index (χ2n) is 7.07. The summed E-state index contributed by atoms with van der Waals surface area (Å²) in [4.78, 5) is 4.39. The topological polar surface area (TPSA) is 54.9 Å². The Bertz CT molecular complexity index is 650. The van der Waals surface area contributed by atoms with Crippen LogP contribution in [0.4, 0.5) is 0 Å². The van der Waals surface area contributed by atoms with Gasteiger partial charge in [-0.1, -0.05) is 0 Å². The molecule has 26 heavy (non-hydrogen) atoms. The lowest BCUT2D eigenvalue weighted by Gasteiger charge is -2.19. The fraction of sp³-hybridized carbons (Fsp3) is 0.650. The molecule has 0 aromatic heterocycles. The molecule has 3 unspecified atom stereocenters. The van der Waals surface area contributed by atoms with E-state index in [0.717, 1.165) is 34.7 Å². The van der Waals surface area contributed by atoms with Gasteiger partial charge in [0, 0.05) is 42.4 Å². The zero-order valence-corrected chi connectivity index (χ0v) is 17.1. The van der Waals surface area contributed by atoms with Gasteiger partial charge in [-0.25, -0.2) is 0 Å². The Kier molecular flexibility index (Phi) is 6.57. The SMILES string of the molecule is CCOc1cc2c(cc1CNC(=NC)NC1CCC(SC)C1)OC(C)C2. The molecule has 1 aromatic rings. The van der Waals surface area contributed by atoms with E-state index in [1.54, 1.807) is 0 Å². The van der Waals surface area contributed by atoms with Gasteiger partial charge in [0.15, 0.2) is 5.96 Å². The molecule has 6 heteroatoms. The summed E-state index contributed by atoms with van der Waals surface area (Å²) in [5.41, 5.74) is 2.34. The van der Waals surface area contributed by atoms with Gasteiger partial charge in [0.1, 0.15) is 17.6 Å². The zero-order valence-electron chi connectivity index (χ0n) is 16.3. The molecule has 1 aliphatic heterocycles. The minimum Gasteiger partial charge on any atom is -0.494 e. The lowest BCUT2D eigenvalue weighted by Crippen LogP contribution is -2.42. The summed E-state index contributed by atoms with van der Waals surface area (Å²) in [6.07, 6.45) is 7.09. The predicted molar refractivity (Wildman–Crippen MR) is 110 cm³/mol. The standard InChI is InChI=1S/C20H31N3O2S/c1-5-24-18-9-14-8-13(2)25-19(14)10-15(18)12-22-20(21-3)23-16-6-7-17(11-16)26-4/h9-10,13,16-17H,5-8,11-12H2,1-4H3,(H2,21,22,23). The Morgan fingerprint density at radius 1 is 1.38 bits per heavy atom. The van der Waals surface area contributed by atoms with E-state index < -0.39 is 0 Å². The summed E-state index contributed by atoms with van der Waals surface area (Å²) >= 11 is 1.97. The summed E-state index contributed by atoms with van der Waals surface area (Å²) in [5.74, 6) is 2.78.